The number of rotatable bonds is 4. The van der Waals surface area contributed by atoms with Crippen molar-refractivity contribution in [1.29, 1.82) is 0 Å². The zero-order valence-electron chi connectivity index (χ0n) is 14.0. The quantitative estimate of drug-likeness (QED) is 0.614. The zero-order chi connectivity index (χ0) is 18.8. The van der Waals surface area contributed by atoms with Gasteiger partial charge < -0.3 is 9.47 Å². The lowest BCUT2D eigenvalue weighted by atomic mass is 9.94. The third-order valence-corrected chi connectivity index (χ3v) is 4.20. The lowest BCUT2D eigenvalue weighted by Gasteiger charge is -2.31. The van der Waals surface area contributed by atoms with Crippen LogP contribution in [0.5, 0.6) is 0 Å². The van der Waals surface area contributed by atoms with Crippen molar-refractivity contribution in [2.45, 2.75) is 26.0 Å². The largest absolute Gasteiger partial charge is 0.494 e. The van der Waals surface area contributed by atoms with Crippen LogP contribution >= 0.6 is 0 Å². The second-order valence-electron chi connectivity index (χ2n) is 5.99. The van der Waals surface area contributed by atoms with E-state index in [1.54, 1.807) is 6.08 Å². The highest BCUT2D eigenvalue weighted by Crippen LogP contribution is 2.30. The molecule has 0 unspecified atom stereocenters. The molecule has 0 fully saturated rings. The van der Waals surface area contributed by atoms with Gasteiger partial charge in [0.15, 0.2) is 17.5 Å². The Labute approximate surface area is 147 Å². The van der Waals surface area contributed by atoms with Crippen LogP contribution in [-0.2, 0) is 14.3 Å². The van der Waals surface area contributed by atoms with Crippen molar-refractivity contribution in [1.82, 2.24) is 15.0 Å². The number of ether oxygens (including phenoxy) is 2. The monoisotopic (exact) mass is 367 g/mol. The maximum Gasteiger partial charge on any atom is 0.302 e. The third kappa shape index (κ3) is 3.56. The van der Waals surface area contributed by atoms with Crippen LogP contribution < -0.4 is 0 Å². The van der Waals surface area contributed by atoms with Gasteiger partial charge in [0, 0.05) is 18.4 Å². The zero-order valence-corrected chi connectivity index (χ0v) is 14.0. The van der Waals surface area contributed by atoms with Gasteiger partial charge in [0.05, 0.1) is 18.5 Å². The van der Waals surface area contributed by atoms with E-state index >= 15 is 0 Å². The maximum atomic E-state index is 13.4. The Morgan fingerprint density at radius 1 is 1.31 bits per heavy atom. The number of hydrogen-bond donors (Lipinski definition) is 0. The predicted octanol–water partition coefficient (Wildman–Crippen LogP) is 3.02. The topological polar surface area (TPSA) is 66.2 Å². The van der Waals surface area contributed by atoms with E-state index in [9.17, 15) is 18.0 Å². The Morgan fingerprint density at radius 3 is 2.65 bits per heavy atom. The Balaban J connectivity index is 1.82. The first-order chi connectivity index (χ1) is 12.4. The first kappa shape index (κ1) is 18.0. The Hall–Kier alpha value is -2.84. The van der Waals surface area contributed by atoms with Gasteiger partial charge in [-0.25, -0.2) is 17.9 Å². The molecular formula is C17H16F3N3O3. The molecule has 1 aliphatic rings. The molecule has 3 atom stereocenters. The van der Waals surface area contributed by atoms with Crippen molar-refractivity contribution in [3.05, 3.63) is 48.1 Å². The minimum absolute atomic E-state index is 0.0767. The number of halogens is 3. The summed E-state index contributed by atoms with van der Waals surface area (Å²) in [6.07, 6.45) is 4.37. The molecule has 1 aromatic heterocycles. The lowest BCUT2D eigenvalue weighted by Crippen LogP contribution is -2.35. The van der Waals surface area contributed by atoms with Crippen LogP contribution in [0.4, 0.5) is 13.2 Å². The number of benzene rings is 1. The Bertz CT molecular complexity index is 830. The van der Waals surface area contributed by atoms with Crippen LogP contribution in [0, 0.1) is 23.4 Å². The van der Waals surface area contributed by atoms with E-state index in [2.05, 4.69) is 10.3 Å². The molecule has 0 saturated carbocycles. The molecule has 0 N–H and O–H groups in total. The van der Waals surface area contributed by atoms with Gasteiger partial charge in [-0.05, 0) is 18.2 Å². The van der Waals surface area contributed by atoms with E-state index in [1.165, 1.54) is 24.1 Å². The van der Waals surface area contributed by atoms with Crippen LogP contribution in [0.2, 0.25) is 0 Å². The number of carbonyl (C=O) groups excluding carboxylic acids is 1. The van der Waals surface area contributed by atoms with Crippen molar-refractivity contribution < 1.29 is 27.4 Å². The summed E-state index contributed by atoms with van der Waals surface area (Å²) in [4.78, 5) is 11.0. The van der Waals surface area contributed by atoms with E-state index in [-0.39, 0.29) is 35.9 Å². The number of nitrogens with zero attached hydrogens (tertiary/aromatic N) is 3. The molecule has 0 radical (unpaired) electrons. The molecule has 6 nitrogen and oxygen atoms in total. The Morgan fingerprint density at radius 2 is 2.00 bits per heavy atom. The normalized spacial score (nSPS) is 22.1. The van der Waals surface area contributed by atoms with E-state index in [0.717, 1.165) is 12.1 Å². The van der Waals surface area contributed by atoms with Gasteiger partial charge in [-0.3, -0.25) is 4.79 Å². The highest BCUT2D eigenvalue weighted by Gasteiger charge is 2.31. The SMILES string of the molecule is CC(=O)OC[C@H]1OC=C[C@@H](n2cc(-c3cc(F)c(F)c(F)c3)nn2)[C@H]1C. The molecule has 9 heteroatoms. The molecule has 26 heavy (non-hydrogen) atoms. The molecule has 3 rings (SSSR count). The maximum absolute atomic E-state index is 13.4. The van der Waals surface area contributed by atoms with E-state index in [4.69, 9.17) is 9.47 Å². The molecule has 0 amide bonds. The molecule has 0 aliphatic carbocycles. The predicted molar refractivity (Wildman–Crippen MR) is 84.2 cm³/mol. The first-order valence-electron chi connectivity index (χ1n) is 7.89. The molecule has 1 aromatic carbocycles. The summed E-state index contributed by atoms with van der Waals surface area (Å²) in [7, 11) is 0. The van der Waals surface area contributed by atoms with Crippen LogP contribution in [0.25, 0.3) is 11.3 Å². The van der Waals surface area contributed by atoms with Crippen molar-refractivity contribution in [2.24, 2.45) is 5.92 Å². The summed E-state index contributed by atoms with van der Waals surface area (Å²) < 4.78 is 51.9. The molecule has 2 heterocycles. The van der Waals surface area contributed by atoms with Crippen LogP contribution in [0.3, 0.4) is 0 Å². The number of hydrogen-bond acceptors (Lipinski definition) is 5. The standard InChI is InChI=1S/C17H16F3N3O3/c1-9-15(3-4-25-16(9)8-26-10(2)24)23-7-14(21-22-23)11-5-12(18)17(20)13(19)6-11/h3-7,9,15-16H,8H2,1-2H3/t9-,15-,16-/m1/s1. The van der Waals surface area contributed by atoms with E-state index in [1.807, 2.05) is 6.92 Å². The van der Waals surface area contributed by atoms with Gasteiger partial charge in [0.25, 0.3) is 0 Å². The van der Waals surface area contributed by atoms with Crippen molar-refractivity contribution in [3.63, 3.8) is 0 Å². The fourth-order valence-electron chi connectivity index (χ4n) is 2.72. The lowest BCUT2D eigenvalue weighted by molar-refractivity contribution is -0.145. The van der Waals surface area contributed by atoms with Gasteiger partial charge in [0.1, 0.15) is 18.4 Å². The highest BCUT2D eigenvalue weighted by molar-refractivity contribution is 5.65. The van der Waals surface area contributed by atoms with Crippen LogP contribution in [-0.4, -0.2) is 33.7 Å². The van der Waals surface area contributed by atoms with Gasteiger partial charge in [-0.15, -0.1) is 5.10 Å². The van der Waals surface area contributed by atoms with E-state index < -0.39 is 23.4 Å². The minimum atomic E-state index is -1.53. The number of aromatic nitrogens is 3. The second kappa shape index (κ2) is 7.19. The average molecular weight is 367 g/mol. The fraction of sp³-hybridized carbons (Fsp3) is 0.353. The van der Waals surface area contributed by atoms with Crippen molar-refractivity contribution >= 4 is 5.97 Å². The highest BCUT2D eigenvalue weighted by atomic mass is 19.2. The van der Waals surface area contributed by atoms with Gasteiger partial charge >= 0.3 is 5.97 Å². The second-order valence-corrected chi connectivity index (χ2v) is 5.99. The van der Waals surface area contributed by atoms with Gasteiger partial charge in [-0.1, -0.05) is 12.1 Å². The number of carbonyl (C=O) groups is 1. The summed E-state index contributed by atoms with van der Waals surface area (Å²) in [6, 6.07) is 1.46. The minimum Gasteiger partial charge on any atom is -0.494 e. The van der Waals surface area contributed by atoms with Crippen LogP contribution in [0.1, 0.15) is 19.9 Å². The van der Waals surface area contributed by atoms with Crippen molar-refractivity contribution in [3.8, 4) is 11.3 Å². The molecule has 2 aromatic rings. The molecule has 0 spiro atoms. The fourth-order valence-corrected chi connectivity index (χ4v) is 2.72. The van der Waals surface area contributed by atoms with Gasteiger partial charge in [-0.2, -0.15) is 0 Å². The Kier molecular flexibility index (Phi) is 4.97. The summed E-state index contributed by atoms with van der Waals surface area (Å²) in [5.41, 5.74) is 0.277. The molecule has 138 valence electrons. The van der Waals surface area contributed by atoms with Crippen LogP contribution in [0.15, 0.2) is 30.7 Å². The summed E-state index contributed by atoms with van der Waals surface area (Å²) in [6.45, 7) is 3.29. The summed E-state index contributed by atoms with van der Waals surface area (Å²) in [5, 5.41) is 7.90. The molecule has 0 bridgehead atoms. The third-order valence-electron chi connectivity index (χ3n) is 4.20. The molecule has 0 saturated heterocycles. The number of esters is 1. The summed E-state index contributed by atoms with van der Waals surface area (Å²) >= 11 is 0. The smallest absolute Gasteiger partial charge is 0.302 e. The summed E-state index contributed by atoms with van der Waals surface area (Å²) in [5.74, 6) is -4.65. The average Bonchev–Trinajstić information content (AvgIpc) is 3.08. The van der Waals surface area contributed by atoms with Gasteiger partial charge in [0.2, 0.25) is 0 Å². The molecular weight excluding hydrogens is 351 g/mol. The van der Waals surface area contributed by atoms with E-state index in [0.29, 0.717) is 0 Å². The number of allylic oxidation sites excluding steroid dienone is 1. The van der Waals surface area contributed by atoms with Crippen molar-refractivity contribution in [2.75, 3.05) is 6.61 Å². The molecule has 1 aliphatic heterocycles. The first-order valence-corrected chi connectivity index (χ1v) is 7.89.